The third kappa shape index (κ3) is 46.6. The lowest BCUT2D eigenvalue weighted by molar-refractivity contribution is -0.146. The highest BCUT2D eigenvalue weighted by atomic mass is 16.5. The van der Waals surface area contributed by atoms with Gasteiger partial charge < -0.3 is 33.6 Å². The normalized spacial score (nSPS) is 14.2. The fourth-order valence-electron chi connectivity index (χ4n) is 10.4. The summed E-state index contributed by atoms with van der Waals surface area (Å²) in [7, 11) is 0. The molecule has 0 N–H and O–H groups in total. The molecule has 76 heavy (non-hydrogen) atoms. The average molecular weight is 1080 g/mol. The minimum atomic E-state index is -0.146. The van der Waals surface area contributed by atoms with Crippen molar-refractivity contribution in [3.8, 4) is 0 Å². The Bertz CT molecular complexity index is 1290. The van der Waals surface area contributed by atoms with Crippen molar-refractivity contribution >= 4 is 23.9 Å². The molecule has 0 unspecified atom stereocenters. The fourth-order valence-corrected chi connectivity index (χ4v) is 10.4. The van der Waals surface area contributed by atoms with Crippen LogP contribution >= 0.6 is 0 Å². The molecular weight excluding hydrogens is 953 g/mol. The van der Waals surface area contributed by atoms with E-state index in [9.17, 15) is 19.2 Å². The lowest BCUT2D eigenvalue weighted by Crippen LogP contribution is -2.52. The minimum absolute atomic E-state index is 0.145. The largest absolute Gasteiger partial charge is 0.466 e. The van der Waals surface area contributed by atoms with E-state index in [0.29, 0.717) is 84.3 Å². The third-order valence-corrected chi connectivity index (χ3v) is 15.5. The van der Waals surface area contributed by atoms with Crippen molar-refractivity contribution in [3.63, 3.8) is 0 Å². The van der Waals surface area contributed by atoms with Crippen LogP contribution in [0.1, 0.15) is 285 Å². The first-order valence-corrected chi connectivity index (χ1v) is 32.8. The lowest BCUT2D eigenvalue weighted by atomic mass is 10.1. The molecule has 0 bridgehead atoms. The standard InChI is InChI=1S/C64H124N4O8/c1-6-10-14-18-22-26-30-34-38-58-74-62(70)42-50-65(49-41-61(69)73-55-35-31-27-23-19-15-11-7-2)45-39-47-67-53-54-68(60(5)59-67)48-40-46-66(51-43-63(71)75-56-36-32-28-24-20-16-12-8-3)52-44-64(72)76-57-37-33-29-25-21-17-13-9-4/h60H,6-59H2,1-5H3/t60-/m1/s1. The molecule has 1 rings (SSSR count). The maximum atomic E-state index is 12.8. The van der Waals surface area contributed by atoms with Crippen molar-refractivity contribution in [2.75, 3.05) is 98.4 Å². The molecule has 1 fully saturated rings. The summed E-state index contributed by atoms with van der Waals surface area (Å²) in [4.78, 5) is 60.9. The summed E-state index contributed by atoms with van der Waals surface area (Å²) in [5, 5.41) is 0. The lowest BCUT2D eigenvalue weighted by Gasteiger charge is -2.40. The summed E-state index contributed by atoms with van der Waals surface area (Å²) in [5.74, 6) is -0.583. The Morgan fingerprint density at radius 3 is 0.882 bits per heavy atom. The van der Waals surface area contributed by atoms with Gasteiger partial charge in [-0.2, -0.15) is 0 Å². The molecule has 12 heteroatoms. The van der Waals surface area contributed by atoms with Gasteiger partial charge in [-0.25, -0.2) is 0 Å². The summed E-state index contributed by atoms with van der Waals surface area (Å²) < 4.78 is 22.6. The third-order valence-electron chi connectivity index (χ3n) is 15.5. The highest BCUT2D eigenvalue weighted by Gasteiger charge is 2.24. The van der Waals surface area contributed by atoms with Crippen LogP contribution in [0, 0.1) is 0 Å². The Balaban J connectivity index is 2.61. The molecule has 1 aliphatic heterocycles. The number of carbonyl (C=O) groups is 4. The number of rotatable bonds is 57. The molecule has 0 amide bonds. The molecule has 0 aliphatic carbocycles. The second-order valence-corrected chi connectivity index (χ2v) is 22.7. The Morgan fingerprint density at radius 2 is 0.605 bits per heavy atom. The van der Waals surface area contributed by atoms with Crippen LogP contribution in [0.5, 0.6) is 0 Å². The van der Waals surface area contributed by atoms with Crippen LogP contribution in [0.3, 0.4) is 0 Å². The Labute approximate surface area is 469 Å². The van der Waals surface area contributed by atoms with Crippen molar-refractivity contribution in [2.24, 2.45) is 0 Å². The fraction of sp³-hybridized carbons (Fsp3) is 0.938. The molecule has 12 nitrogen and oxygen atoms in total. The number of carbonyl (C=O) groups excluding carboxylic acids is 4. The van der Waals surface area contributed by atoms with Gasteiger partial charge in [0.05, 0.1) is 52.1 Å². The molecule has 1 saturated heterocycles. The number of piperazine rings is 1. The molecule has 1 aliphatic rings. The SMILES string of the molecule is CCCCCCCCCCCOC(=O)CCN(CCCN1CCN(CCCN(CCC(=O)OCCCCCCCCCC)CCC(=O)OCCCCCCCCCC)[C@H](C)C1)CCC(=O)OCCCCCCCCCC. The average Bonchev–Trinajstić information content (AvgIpc) is 3.41. The minimum Gasteiger partial charge on any atom is -0.466 e. The van der Waals surface area contributed by atoms with E-state index in [4.69, 9.17) is 18.9 Å². The van der Waals surface area contributed by atoms with Gasteiger partial charge in [0, 0.05) is 51.9 Å². The maximum absolute atomic E-state index is 12.8. The van der Waals surface area contributed by atoms with Gasteiger partial charge in [-0.05, 0) is 71.6 Å². The zero-order valence-electron chi connectivity index (χ0n) is 50.8. The first-order chi connectivity index (χ1) is 37.2. The quantitative estimate of drug-likeness (QED) is 0.0328. The number of esters is 4. The van der Waals surface area contributed by atoms with Gasteiger partial charge in [-0.3, -0.25) is 24.1 Å². The number of ether oxygens (including phenoxy) is 4. The van der Waals surface area contributed by atoms with Crippen LogP contribution in [0.2, 0.25) is 0 Å². The number of hydrogen-bond acceptors (Lipinski definition) is 12. The molecule has 0 spiro atoms. The smallest absolute Gasteiger partial charge is 0.307 e. The van der Waals surface area contributed by atoms with Crippen LogP contribution in [-0.2, 0) is 38.1 Å². The van der Waals surface area contributed by atoms with Gasteiger partial charge in [0.15, 0.2) is 0 Å². The predicted molar refractivity (Wildman–Crippen MR) is 317 cm³/mol. The second kappa shape index (κ2) is 54.7. The monoisotopic (exact) mass is 1080 g/mol. The highest BCUT2D eigenvalue weighted by Crippen LogP contribution is 2.15. The first-order valence-electron chi connectivity index (χ1n) is 32.8. The van der Waals surface area contributed by atoms with Crippen LogP contribution in [0.25, 0.3) is 0 Å². The predicted octanol–water partition coefficient (Wildman–Crippen LogP) is 15.1. The second-order valence-electron chi connectivity index (χ2n) is 22.7. The van der Waals surface area contributed by atoms with Crippen LogP contribution < -0.4 is 0 Å². The van der Waals surface area contributed by atoms with Crippen molar-refractivity contribution in [3.05, 3.63) is 0 Å². The van der Waals surface area contributed by atoms with Gasteiger partial charge in [-0.1, -0.05) is 214 Å². The molecule has 0 aromatic rings. The Hall–Kier alpha value is -2.28. The van der Waals surface area contributed by atoms with Crippen LogP contribution in [0.4, 0.5) is 0 Å². The van der Waals surface area contributed by atoms with E-state index in [1.54, 1.807) is 0 Å². The Kier molecular flexibility index (Phi) is 51.6. The number of nitrogens with zero attached hydrogens (tertiary/aromatic N) is 4. The molecular formula is C64H124N4O8. The molecule has 0 aromatic carbocycles. The number of hydrogen-bond donors (Lipinski definition) is 0. The van der Waals surface area contributed by atoms with Gasteiger partial charge in [-0.15, -0.1) is 0 Å². The van der Waals surface area contributed by atoms with Crippen molar-refractivity contribution in [2.45, 2.75) is 291 Å². The van der Waals surface area contributed by atoms with Crippen molar-refractivity contribution in [1.82, 2.24) is 19.6 Å². The van der Waals surface area contributed by atoms with E-state index in [0.717, 1.165) is 110 Å². The summed E-state index contributed by atoms with van der Waals surface area (Å²) in [6, 6.07) is 0.410. The van der Waals surface area contributed by atoms with E-state index in [2.05, 4.69) is 54.2 Å². The summed E-state index contributed by atoms with van der Waals surface area (Å²) >= 11 is 0. The molecule has 0 saturated carbocycles. The number of unbranched alkanes of at least 4 members (excludes halogenated alkanes) is 29. The molecule has 1 heterocycles. The summed E-state index contributed by atoms with van der Waals surface area (Å²) in [6.45, 7) is 22.2. The van der Waals surface area contributed by atoms with E-state index < -0.39 is 0 Å². The molecule has 448 valence electrons. The Morgan fingerprint density at radius 1 is 0.342 bits per heavy atom. The maximum Gasteiger partial charge on any atom is 0.307 e. The van der Waals surface area contributed by atoms with E-state index in [1.165, 1.54) is 161 Å². The summed E-state index contributed by atoms with van der Waals surface area (Å²) in [6.07, 6.45) is 43.5. The zero-order valence-corrected chi connectivity index (χ0v) is 50.8. The van der Waals surface area contributed by atoms with Crippen molar-refractivity contribution in [1.29, 1.82) is 0 Å². The molecule has 1 atom stereocenters. The van der Waals surface area contributed by atoms with E-state index in [-0.39, 0.29) is 23.9 Å². The van der Waals surface area contributed by atoms with Crippen LogP contribution in [-0.4, -0.2) is 148 Å². The molecule has 0 radical (unpaired) electrons. The van der Waals surface area contributed by atoms with Gasteiger partial charge in [0.1, 0.15) is 0 Å². The molecule has 0 aromatic heterocycles. The van der Waals surface area contributed by atoms with Gasteiger partial charge >= 0.3 is 23.9 Å². The van der Waals surface area contributed by atoms with Gasteiger partial charge in [0.25, 0.3) is 0 Å². The summed E-state index contributed by atoms with van der Waals surface area (Å²) in [5.41, 5.74) is 0. The zero-order chi connectivity index (χ0) is 55.2. The van der Waals surface area contributed by atoms with Gasteiger partial charge in [0.2, 0.25) is 0 Å². The van der Waals surface area contributed by atoms with E-state index in [1.807, 2.05) is 0 Å². The van der Waals surface area contributed by atoms with Crippen molar-refractivity contribution < 1.29 is 38.1 Å². The van der Waals surface area contributed by atoms with E-state index >= 15 is 0 Å². The topological polar surface area (TPSA) is 118 Å². The first kappa shape index (κ1) is 71.7. The highest BCUT2D eigenvalue weighted by molar-refractivity contribution is 5.71. The van der Waals surface area contributed by atoms with Crippen LogP contribution in [0.15, 0.2) is 0 Å².